The molecule has 1 aromatic heterocycles. The molecule has 1 saturated heterocycles. The van der Waals surface area contributed by atoms with Gasteiger partial charge in [0.2, 0.25) is 5.95 Å². The van der Waals surface area contributed by atoms with Crippen LogP contribution in [-0.4, -0.2) is 46.0 Å². The van der Waals surface area contributed by atoms with Crippen LogP contribution in [0.5, 0.6) is 0 Å². The van der Waals surface area contributed by atoms with Gasteiger partial charge < -0.3 is 15.3 Å². The summed E-state index contributed by atoms with van der Waals surface area (Å²) in [7, 11) is 0. The lowest BCUT2D eigenvalue weighted by atomic mass is 10.2. The second kappa shape index (κ2) is 3.93. The molecule has 2 heterocycles. The van der Waals surface area contributed by atoms with E-state index in [0.29, 0.717) is 17.8 Å². The average Bonchev–Trinajstić information content (AvgIpc) is 2.66. The van der Waals surface area contributed by atoms with Crippen molar-refractivity contribution in [1.82, 2.24) is 20.5 Å². The van der Waals surface area contributed by atoms with Crippen molar-refractivity contribution in [3.63, 3.8) is 0 Å². The largest absolute Gasteiger partial charge is 0.388 e. The molecule has 78 valence electrons. The Labute approximate surface area is 82.3 Å². The molecule has 0 aliphatic carbocycles. The molecule has 1 atom stereocenters. The Bertz CT molecular complexity index is 300. The molecule has 0 spiro atoms. The number of piperazine rings is 1. The first kappa shape index (κ1) is 9.42. The van der Waals surface area contributed by atoms with E-state index in [1.54, 1.807) is 0 Å². The Hall–Kier alpha value is -1.14. The first-order chi connectivity index (χ1) is 6.79. The van der Waals surface area contributed by atoms with E-state index in [9.17, 15) is 0 Å². The number of aromatic amines is 1. The first-order valence-electron chi connectivity index (χ1n) is 4.80. The highest BCUT2D eigenvalue weighted by atomic mass is 16.3. The highest BCUT2D eigenvalue weighted by Crippen LogP contribution is 2.09. The zero-order valence-electron chi connectivity index (χ0n) is 8.19. The van der Waals surface area contributed by atoms with Gasteiger partial charge in [-0.25, -0.2) is 0 Å². The molecule has 1 aromatic rings. The van der Waals surface area contributed by atoms with Crippen molar-refractivity contribution in [3.8, 4) is 0 Å². The molecule has 0 bridgehead atoms. The van der Waals surface area contributed by atoms with Gasteiger partial charge in [-0.15, -0.1) is 5.10 Å². The van der Waals surface area contributed by atoms with Crippen LogP contribution in [0.15, 0.2) is 0 Å². The zero-order chi connectivity index (χ0) is 9.97. The van der Waals surface area contributed by atoms with Gasteiger partial charge in [-0.3, -0.25) is 5.10 Å². The third kappa shape index (κ3) is 1.85. The molecule has 1 fully saturated rings. The van der Waals surface area contributed by atoms with E-state index in [0.717, 1.165) is 19.6 Å². The fourth-order valence-electron chi connectivity index (χ4n) is 1.61. The molecule has 3 N–H and O–H groups in total. The summed E-state index contributed by atoms with van der Waals surface area (Å²) < 4.78 is 0. The van der Waals surface area contributed by atoms with Gasteiger partial charge in [0, 0.05) is 25.7 Å². The average molecular weight is 197 g/mol. The predicted octanol–water partition coefficient (Wildman–Crippen LogP) is -0.905. The second-order valence-corrected chi connectivity index (χ2v) is 3.54. The summed E-state index contributed by atoms with van der Waals surface area (Å²) in [5, 5.41) is 18.9. The molecule has 0 aromatic carbocycles. The Morgan fingerprint density at radius 3 is 3.14 bits per heavy atom. The summed E-state index contributed by atoms with van der Waals surface area (Å²) in [4.78, 5) is 6.28. The highest BCUT2D eigenvalue weighted by Gasteiger charge is 2.18. The van der Waals surface area contributed by atoms with Crippen molar-refractivity contribution < 1.29 is 5.11 Å². The number of aliphatic hydroxyl groups excluding tert-OH is 1. The summed E-state index contributed by atoms with van der Waals surface area (Å²) in [5.74, 6) is 1.20. The Kier molecular flexibility index (Phi) is 2.64. The molecule has 0 unspecified atom stereocenters. The van der Waals surface area contributed by atoms with Crippen LogP contribution in [0.4, 0.5) is 5.95 Å². The van der Waals surface area contributed by atoms with Crippen molar-refractivity contribution in [2.45, 2.75) is 19.6 Å². The number of anilines is 1. The molecule has 6 nitrogen and oxygen atoms in total. The van der Waals surface area contributed by atoms with Crippen LogP contribution in [0.25, 0.3) is 0 Å². The number of aromatic nitrogens is 3. The highest BCUT2D eigenvalue weighted by molar-refractivity contribution is 5.29. The zero-order valence-corrected chi connectivity index (χ0v) is 8.19. The molecule has 1 aliphatic heterocycles. The summed E-state index contributed by atoms with van der Waals surface area (Å²) >= 11 is 0. The fraction of sp³-hybridized carbons (Fsp3) is 0.750. The molecular weight excluding hydrogens is 182 g/mol. The maximum absolute atomic E-state index is 8.84. The quantitative estimate of drug-likeness (QED) is 0.572. The third-order valence-corrected chi connectivity index (χ3v) is 2.32. The van der Waals surface area contributed by atoms with Crippen LogP contribution in [0.1, 0.15) is 12.7 Å². The van der Waals surface area contributed by atoms with Crippen LogP contribution in [0.3, 0.4) is 0 Å². The lowest BCUT2D eigenvalue weighted by Crippen LogP contribution is -2.49. The maximum atomic E-state index is 8.84. The second-order valence-electron chi connectivity index (χ2n) is 3.54. The van der Waals surface area contributed by atoms with E-state index in [-0.39, 0.29) is 6.61 Å². The lowest BCUT2D eigenvalue weighted by Gasteiger charge is -2.30. The van der Waals surface area contributed by atoms with Crippen molar-refractivity contribution >= 4 is 5.95 Å². The Morgan fingerprint density at radius 1 is 1.64 bits per heavy atom. The van der Waals surface area contributed by atoms with E-state index >= 15 is 0 Å². The molecule has 2 rings (SSSR count). The summed E-state index contributed by atoms with van der Waals surface area (Å²) in [6, 6.07) is 0.458. The van der Waals surface area contributed by atoms with Crippen LogP contribution in [0.2, 0.25) is 0 Å². The minimum Gasteiger partial charge on any atom is -0.388 e. The molecule has 0 saturated carbocycles. The van der Waals surface area contributed by atoms with Crippen LogP contribution >= 0.6 is 0 Å². The number of hydrogen-bond acceptors (Lipinski definition) is 5. The molecule has 1 aliphatic rings. The van der Waals surface area contributed by atoms with Crippen LogP contribution in [-0.2, 0) is 6.61 Å². The third-order valence-electron chi connectivity index (χ3n) is 2.32. The number of hydrogen-bond donors (Lipinski definition) is 3. The van der Waals surface area contributed by atoms with E-state index in [2.05, 4.69) is 32.3 Å². The van der Waals surface area contributed by atoms with E-state index in [1.807, 2.05) is 0 Å². The molecule has 0 radical (unpaired) electrons. The van der Waals surface area contributed by atoms with Gasteiger partial charge in [-0.05, 0) is 6.92 Å². The number of H-pyrrole nitrogens is 1. The minimum atomic E-state index is -0.0886. The summed E-state index contributed by atoms with van der Waals surface area (Å²) in [6.07, 6.45) is 0. The Morgan fingerprint density at radius 2 is 2.50 bits per heavy atom. The standard InChI is InChI=1S/C8H15N5O/c1-6-4-13(3-2-9-6)8-10-7(5-14)11-12-8/h6,9,14H,2-5H2,1H3,(H,10,11,12)/t6-/m0/s1. The first-order valence-corrected chi connectivity index (χ1v) is 4.80. The van der Waals surface area contributed by atoms with E-state index in [4.69, 9.17) is 5.11 Å². The van der Waals surface area contributed by atoms with Gasteiger partial charge in [0.15, 0.2) is 5.82 Å². The lowest BCUT2D eigenvalue weighted by molar-refractivity contribution is 0.272. The normalized spacial score (nSPS) is 22.7. The van der Waals surface area contributed by atoms with Crippen molar-refractivity contribution in [2.75, 3.05) is 24.5 Å². The summed E-state index contributed by atoms with van der Waals surface area (Å²) in [6.45, 7) is 4.81. The van der Waals surface area contributed by atoms with Gasteiger partial charge in [0.1, 0.15) is 6.61 Å². The van der Waals surface area contributed by atoms with Crippen LogP contribution < -0.4 is 10.2 Å². The van der Waals surface area contributed by atoms with Crippen LogP contribution in [0, 0.1) is 0 Å². The van der Waals surface area contributed by atoms with Gasteiger partial charge in [-0.1, -0.05) is 0 Å². The number of nitrogens with zero attached hydrogens (tertiary/aromatic N) is 3. The minimum absolute atomic E-state index is 0.0886. The predicted molar refractivity (Wildman–Crippen MR) is 52.0 cm³/mol. The van der Waals surface area contributed by atoms with Gasteiger partial charge in [0.25, 0.3) is 0 Å². The molecule has 0 amide bonds. The van der Waals surface area contributed by atoms with Crippen molar-refractivity contribution in [2.24, 2.45) is 0 Å². The van der Waals surface area contributed by atoms with Gasteiger partial charge >= 0.3 is 0 Å². The maximum Gasteiger partial charge on any atom is 0.244 e. The van der Waals surface area contributed by atoms with E-state index in [1.165, 1.54) is 0 Å². The van der Waals surface area contributed by atoms with E-state index < -0.39 is 0 Å². The van der Waals surface area contributed by atoms with Crippen molar-refractivity contribution in [1.29, 1.82) is 0 Å². The topological polar surface area (TPSA) is 77.1 Å². The smallest absolute Gasteiger partial charge is 0.244 e. The molecule has 14 heavy (non-hydrogen) atoms. The van der Waals surface area contributed by atoms with Gasteiger partial charge in [0.05, 0.1) is 0 Å². The monoisotopic (exact) mass is 197 g/mol. The number of nitrogens with one attached hydrogen (secondary N) is 2. The molecule has 6 heteroatoms. The molecular formula is C8H15N5O. The van der Waals surface area contributed by atoms with Gasteiger partial charge in [-0.2, -0.15) is 4.98 Å². The Balaban J connectivity index is 2.06. The number of rotatable bonds is 2. The summed E-state index contributed by atoms with van der Waals surface area (Å²) in [5.41, 5.74) is 0. The fourth-order valence-corrected chi connectivity index (χ4v) is 1.61. The number of aliphatic hydroxyl groups is 1. The SMILES string of the molecule is C[C@H]1CN(c2n[nH]c(CO)n2)CCN1. The van der Waals surface area contributed by atoms with Crippen molar-refractivity contribution in [3.05, 3.63) is 5.82 Å².